The van der Waals surface area contributed by atoms with Gasteiger partial charge in [0.15, 0.2) is 4.80 Å². The summed E-state index contributed by atoms with van der Waals surface area (Å²) in [5.74, 6) is 1.06. The fourth-order valence-corrected chi connectivity index (χ4v) is 7.16. The van der Waals surface area contributed by atoms with Crippen molar-refractivity contribution in [3.05, 3.63) is 138 Å². The summed E-state index contributed by atoms with van der Waals surface area (Å²) in [6.45, 7) is 7.08. The quantitative estimate of drug-likeness (QED) is 0.183. The molecule has 0 fully saturated rings. The van der Waals surface area contributed by atoms with Crippen molar-refractivity contribution in [2.24, 2.45) is 4.99 Å². The Bertz CT molecular complexity index is 2160. The van der Waals surface area contributed by atoms with Crippen LogP contribution in [0, 0.1) is 0 Å². The van der Waals surface area contributed by atoms with Gasteiger partial charge in [0.2, 0.25) is 0 Å². The highest BCUT2D eigenvalue weighted by atomic mass is 35.5. The van der Waals surface area contributed by atoms with Crippen LogP contribution in [-0.2, 0) is 11.4 Å². The molecule has 0 radical (unpaired) electrons. The number of fused-ring (bicyclic) bond motifs is 2. The number of hydrogen-bond acceptors (Lipinski definition) is 6. The molecule has 1 aliphatic heterocycles. The highest BCUT2D eigenvalue weighted by molar-refractivity contribution is 7.07. The van der Waals surface area contributed by atoms with Gasteiger partial charge in [-0.3, -0.25) is 14.2 Å². The first-order valence-corrected chi connectivity index (χ1v) is 16.4. The highest BCUT2D eigenvalue weighted by Gasteiger charge is 2.36. The number of benzene rings is 4. The molecule has 234 valence electrons. The number of carbonyl (C=O) groups is 1. The van der Waals surface area contributed by atoms with Crippen LogP contribution in [0.4, 0.5) is 0 Å². The van der Waals surface area contributed by atoms with Crippen molar-refractivity contribution >= 4 is 45.7 Å². The number of likely N-dealkylation sites (N-methyl/N-ethyl adjacent to an activating group) is 1. The zero-order chi connectivity index (χ0) is 32.4. The number of halogens is 1. The van der Waals surface area contributed by atoms with Gasteiger partial charge < -0.3 is 14.4 Å². The van der Waals surface area contributed by atoms with Crippen molar-refractivity contribution in [3.8, 4) is 11.5 Å². The highest BCUT2D eigenvalue weighted by Crippen LogP contribution is 2.40. The number of nitrogens with zero attached hydrogens (tertiary/aromatic N) is 3. The number of aromatic nitrogens is 1. The van der Waals surface area contributed by atoms with Gasteiger partial charge in [-0.05, 0) is 55.8 Å². The molecule has 4 aromatic carbocycles. The molecule has 1 amide bonds. The van der Waals surface area contributed by atoms with E-state index in [0.717, 1.165) is 27.5 Å². The normalized spacial score (nSPS) is 14.6. The average Bonchev–Trinajstić information content (AvgIpc) is 3.37. The van der Waals surface area contributed by atoms with Gasteiger partial charge in [-0.15, -0.1) is 0 Å². The summed E-state index contributed by atoms with van der Waals surface area (Å²) in [4.78, 5) is 35.8. The van der Waals surface area contributed by atoms with Gasteiger partial charge in [-0.2, -0.15) is 0 Å². The standard InChI is InChI=1S/C37H34ClN3O4S/c1-5-40(6-2)36(43)32-23(3)39-37-41(34(32)33-27-16-10-7-13-24(27)19-20-30(33)44-4)35(42)31(46-37)21-25-14-9-12-18-29(25)45-22-26-15-8-11-17-28(26)38/h7-21,34H,5-6,22H2,1-4H3/b31-21+/t34-/m0/s1. The second kappa shape index (κ2) is 13.4. The number of thiazole rings is 1. The summed E-state index contributed by atoms with van der Waals surface area (Å²) < 4.78 is 14.2. The van der Waals surface area contributed by atoms with Crippen molar-refractivity contribution < 1.29 is 14.3 Å². The smallest absolute Gasteiger partial charge is 0.271 e. The number of allylic oxidation sites excluding steroid dienone is 1. The number of hydrogen-bond donors (Lipinski definition) is 0. The van der Waals surface area contributed by atoms with Crippen molar-refractivity contribution in [2.45, 2.75) is 33.4 Å². The summed E-state index contributed by atoms with van der Waals surface area (Å²) in [6, 6.07) is 26.2. The van der Waals surface area contributed by atoms with Crippen LogP contribution in [0.15, 0.2) is 106 Å². The van der Waals surface area contributed by atoms with E-state index in [2.05, 4.69) is 0 Å². The van der Waals surface area contributed by atoms with Crippen LogP contribution in [0.25, 0.3) is 16.8 Å². The van der Waals surface area contributed by atoms with Crippen LogP contribution in [0.1, 0.15) is 43.5 Å². The SMILES string of the molecule is CCN(CC)C(=O)C1=C(C)N=c2s/c(=C/c3ccccc3OCc3ccccc3Cl)c(=O)n2[C@@H]1c1c(OC)ccc2ccccc12. The molecular formula is C37H34ClN3O4S. The second-order valence-corrected chi connectivity index (χ2v) is 12.3. The molecule has 6 rings (SSSR count). The van der Waals surface area contributed by atoms with E-state index in [-0.39, 0.29) is 18.1 Å². The van der Waals surface area contributed by atoms with Crippen LogP contribution in [0.3, 0.4) is 0 Å². The van der Waals surface area contributed by atoms with Crippen LogP contribution in [-0.4, -0.2) is 35.6 Å². The molecule has 1 aromatic heterocycles. The number of para-hydroxylation sites is 1. The van der Waals surface area contributed by atoms with Gasteiger partial charge in [0.25, 0.3) is 11.5 Å². The summed E-state index contributed by atoms with van der Waals surface area (Å²) in [6.07, 6.45) is 1.83. The zero-order valence-corrected chi connectivity index (χ0v) is 27.7. The number of rotatable bonds is 9. The van der Waals surface area contributed by atoms with Crippen LogP contribution in [0.2, 0.25) is 5.02 Å². The number of ether oxygens (including phenoxy) is 2. The van der Waals surface area contributed by atoms with Crippen LogP contribution in [0.5, 0.6) is 11.5 Å². The molecule has 9 heteroatoms. The fraction of sp³-hybridized carbons (Fsp3) is 0.216. The Morgan fingerprint density at radius 1 is 0.978 bits per heavy atom. The van der Waals surface area contributed by atoms with Crippen molar-refractivity contribution in [2.75, 3.05) is 20.2 Å². The molecule has 0 N–H and O–H groups in total. The van der Waals surface area contributed by atoms with Crippen molar-refractivity contribution in [1.82, 2.24) is 9.47 Å². The molecule has 0 bridgehead atoms. The summed E-state index contributed by atoms with van der Waals surface area (Å²) >= 11 is 7.65. The Balaban J connectivity index is 1.55. The largest absolute Gasteiger partial charge is 0.496 e. The summed E-state index contributed by atoms with van der Waals surface area (Å²) in [5, 5.41) is 2.51. The predicted molar refractivity (Wildman–Crippen MR) is 184 cm³/mol. The van der Waals surface area contributed by atoms with E-state index in [1.165, 1.54) is 11.3 Å². The molecule has 1 aliphatic rings. The summed E-state index contributed by atoms with van der Waals surface area (Å²) in [7, 11) is 1.61. The fourth-order valence-electron chi connectivity index (χ4n) is 5.93. The minimum absolute atomic E-state index is 0.154. The molecule has 7 nitrogen and oxygen atoms in total. The third-order valence-corrected chi connectivity index (χ3v) is 9.63. The van der Waals surface area contributed by atoms with E-state index in [1.54, 1.807) is 16.6 Å². The molecule has 0 unspecified atom stereocenters. The minimum Gasteiger partial charge on any atom is -0.496 e. The Morgan fingerprint density at radius 2 is 1.70 bits per heavy atom. The second-order valence-electron chi connectivity index (χ2n) is 10.9. The lowest BCUT2D eigenvalue weighted by Gasteiger charge is -2.30. The molecule has 0 saturated heterocycles. The number of methoxy groups -OCH3 is 1. The van der Waals surface area contributed by atoms with E-state index in [1.807, 2.05) is 112 Å². The predicted octanol–water partition coefficient (Wildman–Crippen LogP) is 6.50. The minimum atomic E-state index is -0.751. The molecule has 0 aliphatic carbocycles. The first kappa shape index (κ1) is 31.3. The number of amides is 1. The first-order chi connectivity index (χ1) is 22.4. The van der Waals surface area contributed by atoms with Gasteiger partial charge in [-0.1, -0.05) is 89.7 Å². The average molecular weight is 652 g/mol. The Hall–Kier alpha value is -4.66. The Kier molecular flexibility index (Phi) is 9.10. The molecule has 0 saturated carbocycles. The lowest BCUT2D eigenvalue weighted by molar-refractivity contribution is -0.127. The molecule has 2 heterocycles. The lowest BCUT2D eigenvalue weighted by Crippen LogP contribution is -2.43. The topological polar surface area (TPSA) is 73.1 Å². The number of carbonyl (C=O) groups excluding carboxylic acids is 1. The van der Waals surface area contributed by atoms with Gasteiger partial charge in [-0.25, -0.2) is 4.99 Å². The van der Waals surface area contributed by atoms with E-state index in [4.69, 9.17) is 26.1 Å². The molecule has 1 atom stereocenters. The van der Waals surface area contributed by atoms with Crippen molar-refractivity contribution in [3.63, 3.8) is 0 Å². The zero-order valence-electron chi connectivity index (χ0n) is 26.1. The van der Waals surface area contributed by atoms with Crippen LogP contribution < -0.4 is 24.4 Å². The lowest BCUT2D eigenvalue weighted by atomic mass is 9.90. The van der Waals surface area contributed by atoms with Gasteiger partial charge in [0.1, 0.15) is 24.1 Å². The molecule has 46 heavy (non-hydrogen) atoms. The van der Waals surface area contributed by atoms with Crippen LogP contribution >= 0.6 is 22.9 Å². The van der Waals surface area contributed by atoms with E-state index >= 15 is 0 Å². The molecular weight excluding hydrogens is 618 g/mol. The Morgan fingerprint density at radius 3 is 2.46 bits per heavy atom. The maximum absolute atomic E-state index is 14.5. The van der Waals surface area contributed by atoms with Gasteiger partial charge in [0.05, 0.1) is 22.9 Å². The maximum atomic E-state index is 14.5. The summed E-state index contributed by atoms with van der Waals surface area (Å²) in [5.41, 5.74) is 3.15. The third-order valence-electron chi connectivity index (χ3n) is 8.27. The van der Waals surface area contributed by atoms with E-state index < -0.39 is 6.04 Å². The maximum Gasteiger partial charge on any atom is 0.271 e. The van der Waals surface area contributed by atoms with Gasteiger partial charge >= 0.3 is 0 Å². The van der Waals surface area contributed by atoms with E-state index in [9.17, 15) is 9.59 Å². The molecule has 5 aromatic rings. The monoisotopic (exact) mass is 651 g/mol. The first-order valence-electron chi connectivity index (χ1n) is 15.2. The van der Waals surface area contributed by atoms with E-state index in [0.29, 0.717) is 50.2 Å². The molecule has 0 spiro atoms. The van der Waals surface area contributed by atoms with Crippen molar-refractivity contribution in [1.29, 1.82) is 0 Å². The van der Waals surface area contributed by atoms with Gasteiger partial charge in [0, 0.05) is 34.8 Å². The Labute approximate surface area is 276 Å². The third kappa shape index (κ3) is 5.74.